The van der Waals surface area contributed by atoms with Gasteiger partial charge in [-0.25, -0.2) is 4.98 Å². The van der Waals surface area contributed by atoms with Gasteiger partial charge in [-0.3, -0.25) is 0 Å². The summed E-state index contributed by atoms with van der Waals surface area (Å²) in [5.41, 5.74) is 2.04. The second-order valence-electron chi connectivity index (χ2n) is 4.59. The maximum atomic E-state index is 5.96. The van der Waals surface area contributed by atoms with Crippen molar-refractivity contribution in [3.05, 3.63) is 24.0 Å². The van der Waals surface area contributed by atoms with Gasteiger partial charge in [-0.05, 0) is 38.4 Å². The zero-order chi connectivity index (χ0) is 11.7. The quantitative estimate of drug-likeness (QED) is 0.831. The van der Waals surface area contributed by atoms with Crippen LogP contribution < -0.4 is 10.1 Å². The first-order valence-corrected chi connectivity index (χ1v) is 6.15. The number of ether oxygens (including phenoxy) is 1. The van der Waals surface area contributed by atoms with E-state index in [4.69, 9.17) is 4.74 Å². The van der Waals surface area contributed by atoms with Crippen molar-refractivity contribution in [2.45, 2.75) is 25.9 Å². The number of aryl methyl sites for hydroxylation is 1. The van der Waals surface area contributed by atoms with E-state index in [1.54, 1.807) is 0 Å². The van der Waals surface area contributed by atoms with Crippen molar-refractivity contribution < 1.29 is 4.74 Å². The van der Waals surface area contributed by atoms with Crippen molar-refractivity contribution in [3.8, 4) is 5.75 Å². The topological polar surface area (TPSA) is 49.9 Å². The number of H-pyrrole nitrogens is 1. The molecule has 1 saturated heterocycles. The molecule has 1 unspecified atom stereocenters. The summed E-state index contributed by atoms with van der Waals surface area (Å²) in [5.74, 6) is 1.87. The van der Waals surface area contributed by atoms with E-state index in [1.807, 2.05) is 25.1 Å². The summed E-state index contributed by atoms with van der Waals surface area (Å²) in [5, 5.41) is 3.35. The van der Waals surface area contributed by atoms with Crippen LogP contribution >= 0.6 is 0 Å². The second-order valence-corrected chi connectivity index (χ2v) is 4.59. The van der Waals surface area contributed by atoms with E-state index in [1.165, 1.54) is 6.42 Å². The smallest absolute Gasteiger partial charge is 0.122 e. The number of aromatic amines is 1. The van der Waals surface area contributed by atoms with E-state index in [2.05, 4.69) is 15.3 Å². The molecular weight excluding hydrogens is 214 g/mol. The maximum absolute atomic E-state index is 5.96. The van der Waals surface area contributed by atoms with Crippen molar-refractivity contribution in [1.82, 2.24) is 15.3 Å². The van der Waals surface area contributed by atoms with Crippen LogP contribution in [0.25, 0.3) is 11.0 Å². The van der Waals surface area contributed by atoms with Crippen LogP contribution in [0.5, 0.6) is 5.75 Å². The van der Waals surface area contributed by atoms with Crippen LogP contribution in [0.1, 0.15) is 18.7 Å². The molecule has 1 aliphatic heterocycles. The number of aromatic nitrogens is 2. The van der Waals surface area contributed by atoms with Crippen molar-refractivity contribution in [2.24, 2.45) is 0 Å². The molecule has 2 N–H and O–H groups in total. The molecule has 2 aromatic rings. The monoisotopic (exact) mass is 231 g/mol. The molecule has 0 radical (unpaired) electrons. The zero-order valence-electron chi connectivity index (χ0n) is 9.99. The van der Waals surface area contributed by atoms with Crippen LogP contribution in [0.15, 0.2) is 18.2 Å². The zero-order valence-corrected chi connectivity index (χ0v) is 9.99. The standard InChI is InChI=1S/C13H17N3O/c1-9-15-12-5-4-10(7-13(12)16-9)17-11-3-2-6-14-8-11/h4-5,7,11,14H,2-3,6,8H2,1H3,(H,15,16). The molecule has 0 spiro atoms. The van der Waals surface area contributed by atoms with Crippen molar-refractivity contribution in [3.63, 3.8) is 0 Å². The third-order valence-corrected chi connectivity index (χ3v) is 3.13. The number of hydrogen-bond donors (Lipinski definition) is 2. The third kappa shape index (κ3) is 2.26. The van der Waals surface area contributed by atoms with Gasteiger partial charge >= 0.3 is 0 Å². The number of imidazole rings is 1. The molecule has 0 saturated carbocycles. The summed E-state index contributed by atoms with van der Waals surface area (Å²) in [7, 11) is 0. The summed E-state index contributed by atoms with van der Waals surface area (Å²) in [6, 6.07) is 6.03. The van der Waals surface area contributed by atoms with Gasteiger partial charge in [-0.2, -0.15) is 0 Å². The van der Waals surface area contributed by atoms with Gasteiger partial charge in [0.25, 0.3) is 0 Å². The highest BCUT2D eigenvalue weighted by molar-refractivity contribution is 5.76. The SMILES string of the molecule is Cc1nc2ccc(OC3CCCNC3)cc2[nH]1. The Balaban J connectivity index is 1.79. The fraction of sp³-hybridized carbons (Fsp3) is 0.462. The molecule has 4 nitrogen and oxygen atoms in total. The molecule has 1 fully saturated rings. The molecule has 17 heavy (non-hydrogen) atoms. The third-order valence-electron chi connectivity index (χ3n) is 3.13. The van der Waals surface area contributed by atoms with Crippen molar-refractivity contribution in [2.75, 3.05) is 13.1 Å². The van der Waals surface area contributed by atoms with Crippen LogP contribution in [-0.4, -0.2) is 29.2 Å². The number of nitrogens with one attached hydrogen (secondary N) is 2. The minimum Gasteiger partial charge on any atom is -0.489 e. The van der Waals surface area contributed by atoms with Crippen molar-refractivity contribution >= 4 is 11.0 Å². The number of fused-ring (bicyclic) bond motifs is 1. The second kappa shape index (κ2) is 4.37. The molecule has 0 aliphatic carbocycles. The van der Waals surface area contributed by atoms with Gasteiger partial charge in [-0.15, -0.1) is 0 Å². The normalized spacial score (nSPS) is 20.6. The number of piperidine rings is 1. The highest BCUT2D eigenvalue weighted by atomic mass is 16.5. The summed E-state index contributed by atoms with van der Waals surface area (Å²) in [6.45, 7) is 4.02. The lowest BCUT2D eigenvalue weighted by atomic mass is 10.1. The fourth-order valence-electron chi connectivity index (χ4n) is 2.30. The molecule has 4 heteroatoms. The van der Waals surface area contributed by atoms with E-state index in [0.717, 1.165) is 42.1 Å². The number of nitrogens with zero attached hydrogens (tertiary/aromatic N) is 1. The van der Waals surface area contributed by atoms with Crippen LogP contribution in [0.2, 0.25) is 0 Å². The molecule has 0 amide bonds. The highest BCUT2D eigenvalue weighted by Crippen LogP contribution is 2.21. The first-order chi connectivity index (χ1) is 8.31. The lowest BCUT2D eigenvalue weighted by molar-refractivity contribution is 0.167. The Morgan fingerprint density at radius 2 is 2.35 bits per heavy atom. The van der Waals surface area contributed by atoms with Crippen LogP contribution in [0.3, 0.4) is 0 Å². The Bertz CT molecular complexity index is 514. The van der Waals surface area contributed by atoms with Crippen LogP contribution in [-0.2, 0) is 0 Å². The first-order valence-electron chi connectivity index (χ1n) is 6.15. The lowest BCUT2D eigenvalue weighted by Crippen LogP contribution is -2.37. The van der Waals surface area contributed by atoms with Gasteiger partial charge in [0.2, 0.25) is 0 Å². The predicted molar refractivity (Wildman–Crippen MR) is 67.4 cm³/mol. The van der Waals surface area contributed by atoms with E-state index in [9.17, 15) is 0 Å². The summed E-state index contributed by atoms with van der Waals surface area (Å²) < 4.78 is 5.96. The van der Waals surface area contributed by atoms with Crippen molar-refractivity contribution in [1.29, 1.82) is 0 Å². The highest BCUT2D eigenvalue weighted by Gasteiger charge is 2.14. The molecular formula is C13H17N3O. The van der Waals surface area contributed by atoms with E-state index >= 15 is 0 Å². The molecule has 1 atom stereocenters. The summed E-state index contributed by atoms with van der Waals surface area (Å²) in [6.07, 6.45) is 2.62. The molecule has 2 heterocycles. The Labute approximate surface area is 100 Å². The Morgan fingerprint density at radius 3 is 3.18 bits per heavy atom. The van der Waals surface area contributed by atoms with Crippen LogP contribution in [0, 0.1) is 6.92 Å². The maximum Gasteiger partial charge on any atom is 0.122 e. The predicted octanol–water partition coefficient (Wildman–Crippen LogP) is 2.00. The number of hydrogen-bond acceptors (Lipinski definition) is 3. The summed E-state index contributed by atoms with van der Waals surface area (Å²) >= 11 is 0. The van der Waals surface area contributed by atoms with Gasteiger partial charge in [0.15, 0.2) is 0 Å². The van der Waals surface area contributed by atoms with Crippen LogP contribution in [0.4, 0.5) is 0 Å². The van der Waals surface area contributed by atoms with E-state index in [0.29, 0.717) is 6.10 Å². The average Bonchev–Trinajstić information content (AvgIpc) is 2.70. The van der Waals surface area contributed by atoms with Gasteiger partial charge < -0.3 is 15.0 Å². The minimum absolute atomic E-state index is 0.296. The van der Waals surface area contributed by atoms with E-state index in [-0.39, 0.29) is 0 Å². The number of rotatable bonds is 2. The Hall–Kier alpha value is -1.55. The van der Waals surface area contributed by atoms with Gasteiger partial charge in [0.05, 0.1) is 11.0 Å². The van der Waals surface area contributed by atoms with Gasteiger partial charge in [-0.1, -0.05) is 0 Å². The Morgan fingerprint density at radius 1 is 1.41 bits per heavy atom. The van der Waals surface area contributed by atoms with E-state index < -0.39 is 0 Å². The number of benzene rings is 1. The molecule has 1 aliphatic rings. The molecule has 90 valence electrons. The fourth-order valence-corrected chi connectivity index (χ4v) is 2.30. The molecule has 0 bridgehead atoms. The largest absolute Gasteiger partial charge is 0.489 e. The Kier molecular flexibility index (Phi) is 2.73. The van der Waals surface area contributed by atoms with Gasteiger partial charge in [0.1, 0.15) is 17.7 Å². The first kappa shape index (κ1) is 10.6. The van der Waals surface area contributed by atoms with Gasteiger partial charge in [0, 0.05) is 12.6 Å². The molecule has 1 aromatic carbocycles. The molecule has 3 rings (SSSR count). The average molecular weight is 231 g/mol. The molecule has 1 aromatic heterocycles. The lowest BCUT2D eigenvalue weighted by Gasteiger charge is -2.23. The minimum atomic E-state index is 0.296. The summed E-state index contributed by atoms with van der Waals surface area (Å²) in [4.78, 5) is 7.61.